The van der Waals surface area contributed by atoms with Gasteiger partial charge in [-0.25, -0.2) is 0 Å². The molecule has 2 unspecified atom stereocenters. The fourth-order valence-electron chi connectivity index (χ4n) is 2.53. The standard InChI is InChI=1S/C12H24N2O/c1-8(2)12-6-11(13-10(5)15)7-14(12)9(3)4/h8-9,11-12H,6-7H2,1-5H3,(H,13,15). The van der Waals surface area contributed by atoms with Crippen molar-refractivity contribution in [2.75, 3.05) is 6.54 Å². The highest BCUT2D eigenvalue weighted by molar-refractivity contribution is 5.73. The van der Waals surface area contributed by atoms with Crippen LogP contribution in [0.25, 0.3) is 0 Å². The summed E-state index contributed by atoms with van der Waals surface area (Å²) in [4.78, 5) is 13.5. The molecule has 0 saturated carbocycles. The number of carbonyl (C=O) groups excluding carboxylic acids is 1. The number of hydrogen-bond donors (Lipinski definition) is 1. The molecule has 88 valence electrons. The highest BCUT2D eigenvalue weighted by Crippen LogP contribution is 2.26. The summed E-state index contributed by atoms with van der Waals surface area (Å²) in [6.45, 7) is 11.6. The smallest absolute Gasteiger partial charge is 0.217 e. The minimum absolute atomic E-state index is 0.0908. The molecule has 1 amide bonds. The first-order chi connectivity index (χ1) is 6.91. The molecule has 0 radical (unpaired) electrons. The third-order valence-corrected chi connectivity index (χ3v) is 3.22. The fourth-order valence-corrected chi connectivity index (χ4v) is 2.53. The second kappa shape index (κ2) is 4.97. The third kappa shape index (κ3) is 3.20. The Bertz CT molecular complexity index is 210. The summed E-state index contributed by atoms with van der Waals surface area (Å²) >= 11 is 0. The van der Waals surface area contributed by atoms with E-state index in [-0.39, 0.29) is 5.91 Å². The van der Waals surface area contributed by atoms with Gasteiger partial charge in [0.15, 0.2) is 0 Å². The van der Waals surface area contributed by atoms with Gasteiger partial charge in [-0.15, -0.1) is 0 Å². The Morgan fingerprint density at radius 2 is 1.93 bits per heavy atom. The third-order valence-electron chi connectivity index (χ3n) is 3.22. The van der Waals surface area contributed by atoms with Gasteiger partial charge in [-0.05, 0) is 26.2 Å². The lowest BCUT2D eigenvalue weighted by atomic mass is 10.00. The van der Waals surface area contributed by atoms with Gasteiger partial charge < -0.3 is 5.32 Å². The van der Waals surface area contributed by atoms with Crippen LogP contribution in [0.3, 0.4) is 0 Å². The summed E-state index contributed by atoms with van der Waals surface area (Å²) in [6, 6.07) is 1.52. The van der Waals surface area contributed by atoms with E-state index in [1.54, 1.807) is 6.92 Å². The molecule has 1 rings (SSSR count). The van der Waals surface area contributed by atoms with Crippen molar-refractivity contribution in [2.45, 2.75) is 59.2 Å². The molecule has 3 heteroatoms. The van der Waals surface area contributed by atoms with Gasteiger partial charge in [-0.3, -0.25) is 9.69 Å². The van der Waals surface area contributed by atoms with Crippen molar-refractivity contribution in [2.24, 2.45) is 5.92 Å². The lowest BCUT2D eigenvalue weighted by molar-refractivity contribution is -0.119. The molecular weight excluding hydrogens is 188 g/mol. The number of hydrogen-bond acceptors (Lipinski definition) is 2. The Morgan fingerprint density at radius 1 is 1.33 bits per heavy atom. The number of amides is 1. The van der Waals surface area contributed by atoms with Gasteiger partial charge in [-0.2, -0.15) is 0 Å². The highest BCUT2D eigenvalue weighted by atomic mass is 16.1. The molecule has 1 N–H and O–H groups in total. The van der Waals surface area contributed by atoms with Gasteiger partial charge in [-0.1, -0.05) is 13.8 Å². The summed E-state index contributed by atoms with van der Waals surface area (Å²) in [6.07, 6.45) is 1.09. The molecule has 0 bridgehead atoms. The molecule has 0 aromatic carbocycles. The first kappa shape index (κ1) is 12.5. The van der Waals surface area contributed by atoms with E-state index in [4.69, 9.17) is 0 Å². The van der Waals surface area contributed by atoms with Gasteiger partial charge in [0.2, 0.25) is 5.91 Å². The van der Waals surface area contributed by atoms with E-state index >= 15 is 0 Å². The lowest BCUT2D eigenvalue weighted by Crippen LogP contribution is -2.40. The molecule has 0 aromatic rings. The molecule has 0 aromatic heterocycles. The zero-order chi connectivity index (χ0) is 11.6. The monoisotopic (exact) mass is 212 g/mol. The maximum atomic E-state index is 11.0. The Hall–Kier alpha value is -0.570. The zero-order valence-electron chi connectivity index (χ0n) is 10.6. The Balaban J connectivity index is 2.61. The Morgan fingerprint density at radius 3 is 2.27 bits per heavy atom. The summed E-state index contributed by atoms with van der Waals surface area (Å²) in [5.41, 5.74) is 0. The number of nitrogens with zero attached hydrogens (tertiary/aromatic N) is 1. The minimum atomic E-state index is 0.0908. The van der Waals surface area contributed by atoms with Crippen LogP contribution >= 0.6 is 0 Å². The topological polar surface area (TPSA) is 32.3 Å². The van der Waals surface area contributed by atoms with Crippen molar-refractivity contribution in [1.82, 2.24) is 10.2 Å². The minimum Gasteiger partial charge on any atom is -0.352 e. The second-order valence-corrected chi connectivity index (χ2v) is 5.24. The molecule has 1 fully saturated rings. The van der Waals surface area contributed by atoms with Crippen molar-refractivity contribution < 1.29 is 4.79 Å². The molecule has 0 spiro atoms. The van der Waals surface area contributed by atoms with E-state index in [0.717, 1.165) is 13.0 Å². The van der Waals surface area contributed by atoms with Gasteiger partial charge in [0, 0.05) is 31.6 Å². The van der Waals surface area contributed by atoms with Gasteiger partial charge in [0.05, 0.1) is 0 Å². The highest BCUT2D eigenvalue weighted by Gasteiger charge is 2.35. The molecule has 1 aliphatic heterocycles. The number of carbonyl (C=O) groups is 1. The van der Waals surface area contributed by atoms with Crippen LogP contribution < -0.4 is 5.32 Å². The van der Waals surface area contributed by atoms with Crippen molar-refractivity contribution >= 4 is 5.91 Å². The fraction of sp³-hybridized carbons (Fsp3) is 0.917. The van der Waals surface area contributed by atoms with E-state index in [9.17, 15) is 4.79 Å². The molecule has 3 nitrogen and oxygen atoms in total. The number of likely N-dealkylation sites (tertiary alicyclic amines) is 1. The zero-order valence-corrected chi connectivity index (χ0v) is 10.6. The number of nitrogens with one attached hydrogen (secondary N) is 1. The number of rotatable bonds is 3. The van der Waals surface area contributed by atoms with E-state index in [0.29, 0.717) is 24.0 Å². The van der Waals surface area contributed by atoms with E-state index in [2.05, 4.69) is 37.9 Å². The largest absolute Gasteiger partial charge is 0.352 e. The van der Waals surface area contributed by atoms with Gasteiger partial charge in [0.25, 0.3) is 0 Å². The van der Waals surface area contributed by atoms with Gasteiger partial charge in [0.1, 0.15) is 0 Å². The van der Waals surface area contributed by atoms with E-state index < -0.39 is 0 Å². The normalized spacial score (nSPS) is 27.7. The predicted molar refractivity (Wildman–Crippen MR) is 62.7 cm³/mol. The predicted octanol–water partition coefficient (Wildman–Crippen LogP) is 1.63. The Labute approximate surface area is 93.2 Å². The van der Waals surface area contributed by atoms with Crippen molar-refractivity contribution in [3.63, 3.8) is 0 Å². The average Bonchev–Trinajstić information content (AvgIpc) is 2.46. The first-order valence-corrected chi connectivity index (χ1v) is 5.94. The van der Waals surface area contributed by atoms with Crippen LogP contribution in [-0.2, 0) is 4.79 Å². The lowest BCUT2D eigenvalue weighted by Gasteiger charge is -2.30. The molecule has 1 heterocycles. The molecule has 15 heavy (non-hydrogen) atoms. The van der Waals surface area contributed by atoms with Gasteiger partial charge >= 0.3 is 0 Å². The van der Waals surface area contributed by atoms with Crippen molar-refractivity contribution in [3.05, 3.63) is 0 Å². The van der Waals surface area contributed by atoms with Crippen LogP contribution in [0.5, 0.6) is 0 Å². The molecule has 1 aliphatic rings. The van der Waals surface area contributed by atoms with Crippen LogP contribution in [0, 0.1) is 5.92 Å². The summed E-state index contributed by atoms with van der Waals surface area (Å²) in [7, 11) is 0. The van der Waals surface area contributed by atoms with Crippen LogP contribution in [0.2, 0.25) is 0 Å². The summed E-state index contributed by atoms with van der Waals surface area (Å²) in [5.74, 6) is 0.749. The maximum absolute atomic E-state index is 11.0. The molecule has 0 aliphatic carbocycles. The van der Waals surface area contributed by atoms with Crippen LogP contribution in [-0.4, -0.2) is 35.5 Å². The van der Waals surface area contributed by atoms with Crippen LogP contribution in [0.1, 0.15) is 41.0 Å². The van der Waals surface area contributed by atoms with Crippen molar-refractivity contribution in [3.8, 4) is 0 Å². The first-order valence-electron chi connectivity index (χ1n) is 5.94. The summed E-state index contributed by atoms with van der Waals surface area (Å²) < 4.78 is 0. The average molecular weight is 212 g/mol. The Kier molecular flexibility index (Phi) is 4.14. The molecule has 2 atom stereocenters. The SMILES string of the molecule is CC(=O)NC1CC(C(C)C)N(C(C)C)C1. The molecular formula is C12H24N2O. The van der Waals surface area contributed by atoms with E-state index in [1.165, 1.54) is 0 Å². The summed E-state index contributed by atoms with van der Waals surface area (Å²) in [5, 5.41) is 3.03. The van der Waals surface area contributed by atoms with Crippen molar-refractivity contribution in [1.29, 1.82) is 0 Å². The maximum Gasteiger partial charge on any atom is 0.217 e. The van der Waals surface area contributed by atoms with Crippen LogP contribution in [0.4, 0.5) is 0 Å². The second-order valence-electron chi connectivity index (χ2n) is 5.24. The van der Waals surface area contributed by atoms with Crippen LogP contribution in [0.15, 0.2) is 0 Å². The quantitative estimate of drug-likeness (QED) is 0.771. The van der Waals surface area contributed by atoms with E-state index in [1.807, 2.05) is 0 Å². The molecule has 1 saturated heterocycles.